The molecule has 0 saturated heterocycles. The number of benzene rings is 1. The Kier molecular flexibility index (Phi) is 5.92. The molecule has 0 saturated carbocycles. The number of sulfonamides is 1. The van der Waals surface area contributed by atoms with Crippen LogP contribution in [0.1, 0.15) is 30.6 Å². The van der Waals surface area contributed by atoms with Gasteiger partial charge in [0, 0.05) is 0 Å². The molecular formula is C13H16ClNO6S. The third-order valence-corrected chi connectivity index (χ3v) is 4.58. The van der Waals surface area contributed by atoms with Crippen molar-refractivity contribution in [1.82, 2.24) is 4.72 Å². The minimum absolute atomic E-state index is 0.0383. The Morgan fingerprint density at radius 3 is 2.32 bits per heavy atom. The van der Waals surface area contributed by atoms with Crippen LogP contribution in [0.25, 0.3) is 0 Å². The molecule has 1 atom stereocenters. The van der Waals surface area contributed by atoms with E-state index in [1.807, 2.05) is 0 Å². The van der Waals surface area contributed by atoms with Crippen molar-refractivity contribution < 1.29 is 28.2 Å². The zero-order valence-corrected chi connectivity index (χ0v) is 13.5. The highest BCUT2D eigenvalue weighted by Gasteiger charge is 2.27. The molecule has 1 rings (SSSR count). The molecule has 0 unspecified atom stereocenters. The summed E-state index contributed by atoms with van der Waals surface area (Å²) in [4.78, 5) is 21.8. The molecule has 7 nitrogen and oxygen atoms in total. The first-order valence-corrected chi connectivity index (χ1v) is 8.18. The minimum Gasteiger partial charge on any atom is -0.480 e. The Hall–Kier alpha value is -1.64. The van der Waals surface area contributed by atoms with E-state index in [4.69, 9.17) is 21.8 Å². The number of hydrogen-bond donors (Lipinski definition) is 3. The third-order valence-electron chi connectivity index (χ3n) is 2.78. The molecule has 0 radical (unpaired) electrons. The van der Waals surface area contributed by atoms with Gasteiger partial charge in [-0.05, 0) is 30.5 Å². The maximum atomic E-state index is 12.2. The predicted molar refractivity (Wildman–Crippen MR) is 79.6 cm³/mol. The summed E-state index contributed by atoms with van der Waals surface area (Å²) >= 11 is 5.68. The van der Waals surface area contributed by atoms with Gasteiger partial charge in [0.2, 0.25) is 10.0 Å². The Morgan fingerprint density at radius 2 is 1.86 bits per heavy atom. The van der Waals surface area contributed by atoms with Crippen molar-refractivity contribution in [2.75, 3.05) is 0 Å². The Morgan fingerprint density at radius 1 is 1.27 bits per heavy atom. The zero-order valence-electron chi connectivity index (χ0n) is 11.9. The summed E-state index contributed by atoms with van der Waals surface area (Å²) in [7, 11) is -4.18. The molecule has 122 valence electrons. The van der Waals surface area contributed by atoms with Crippen molar-refractivity contribution in [1.29, 1.82) is 0 Å². The van der Waals surface area contributed by atoms with E-state index in [-0.39, 0.29) is 27.8 Å². The van der Waals surface area contributed by atoms with Gasteiger partial charge in [0.25, 0.3) is 0 Å². The molecule has 0 aliphatic carbocycles. The first kappa shape index (κ1) is 18.4. The first-order chi connectivity index (χ1) is 10.0. The van der Waals surface area contributed by atoms with Crippen LogP contribution in [0.3, 0.4) is 0 Å². The highest BCUT2D eigenvalue weighted by Crippen LogP contribution is 2.21. The molecule has 3 N–H and O–H groups in total. The van der Waals surface area contributed by atoms with Crippen LogP contribution in [0.4, 0.5) is 0 Å². The van der Waals surface area contributed by atoms with E-state index in [1.165, 1.54) is 0 Å². The van der Waals surface area contributed by atoms with Gasteiger partial charge in [-0.2, -0.15) is 4.72 Å². The van der Waals surface area contributed by atoms with Gasteiger partial charge in [0.05, 0.1) is 15.5 Å². The van der Waals surface area contributed by atoms with Crippen molar-refractivity contribution in [2.24, 2.45) is 5.92 Å². The van der Waals surface area contributed by atoms with Crippen molar-refractivity contribution >= 4 is 33.6 Å². The molecule has 1 aromatic rings. The van der Waals surface area contributed by atoms with Crippen molar-refractivity contribution in [3.63, 3.8) is 0 Å². The van der Waals surface area contributed by atoms with Gasteiger partial charge in [-0.25, -0.2) is 13.2 Å². The number of aliphatic carboxylic acids is 1. The van der Waals surface area contributed by atoms with Crippen LogP contribution < -0.4 is 4.72 Å². The second-order valence-corrected chi connectivity index (χ2v) is 7.21. The molecule has 0 spiro atoms. The normalized spacial score (nSPS) is 13.1. The molecule has 0 aliphatic rings. The topological polar surface area (TPSA) is 121 Å². The molecule has 1 aromatic carbocycles. The minimum atomic E-state index is -4.18. The quantitative estimate of drug-likeness (QED) is 0.690. The van der Waals surface area contributed by atoms with Crippen LogP contribution in [-0.4, -0.2) is 36.6 Å². The number of carbonyl (C=O) groups is 2. The summed E-state index contributed by atoms with van der Waals surface area (Å²) in [6.07, 6.45) is 0.105. The summed E-state index contributed by atoms with van der Waals surface area (Å²) in [6, 6.07) is 1.85. The van der Waals surface area contributed by atoms with Gasteiger partial charge in [0.1, 0.15) is 6.04 Å². The highest BCUT2D eigenvalue weighted by molar-refractivity contribution is 7.89. The number of nitrogens with one attached hydrogen (secondary N) is 1. The highest BCUT2D eigenvalue weighted by atomic mass is 35.5. The monoisotopic (exact) mass is 349 g/mol. The number of aromatic carboxylic acids is 1. The first-order valence-electron chi connectivity index (χ1n) is 6.32. The lowest BCUT2D eigenvalue weighted by Gasteiger charge is -2.17. The second kappa shape index (κ2) is 7.08. The maximum Gasteiger partial charge on any atom is 0.337 e. The summed E-state index contributed by atoms with van der Waals surface area (Å²) in [6.45, 7) is 3.52. The van der Waals surface area contributed by atoms with E-state index in [9.17, 15) is 18.0 Å². The molecular weight excluding hydrogens is 334 g/mol. The fourth-order valence-corrected chi connectivity index (χ4v) is 3.19. The standard InChI is InChI=1S/C13H16ClNO6S/c1-7(2)5-11(13(18)19)15-22(20,21)8-3-4-10(14)9(6-8)12(16)17/h3-4,6-7,11,15H,5H2,1-2H3,(H,16,17)(H,18,19)/t11-/m0/s1. The lowest BCUT2D eigenvalue weighted by atomic mass is 10.1. The molecule has 22 heavy (non-hydrogen) atoms. The average molecular weight is 350 g/mol. The predicted octanol–water partition coefficient (Wildman–Crippen LogP) is 1.82. The van der Waals surface area contributed by atoms with Crippen molar-refractivity contribution in [2.45, 2.75) is 31.2 Å². The molecule has 0 heterocycles. The maximum absolute atomic E-state index is 12.2. The SMILES string of the molecule is CC(C)C[C@H](NS(=O)(=O)c1ccc(Cl)c(C(=O)O)c1)C(=O)O. The van der Waals surface area contributed by atoms with Gasteiger partial charge in [-0.3, -0.25) is 4.79 Å². The van der Waals surface area contributed by atoms with Crippen molar-refractivity contribution in [3.8, 4) is 0 Å². The lowest BCUT2D eigenvalue weighted by Crippen LogP contribution is -2.41. The number of carboxylic acid groups (broad SMARTS) is 2. The summed E-state index contributed by atoms with van der Waals surface area (Å²) in [5.74, 6) is -2.72. The fourth-order valence-electron chi connectivity index (χ4n) is 1.76. The Balaban J connectivity index is 3.16. The summed E-state index contributed by atoms with van der Waals surface area (Å²) < 4.78 is 26.5. The number of rotatable bonds is 7. The van der Waals surface area contributed by atoms with Crippen LogP contribution in [0.2, 0.25) is 5.02 Å². The molecule has 9 heteroatoms. The molecule has 0 fully saturated rings. The number of carboxylic acids is 2. The fraction of sp³-hybridized carbons (Fsp3) is 0.385. The Labute approximate surface area is 133 Å². The van der Waals surface area contributed by atoms with Gasteiger partial charge < -0.3 is 10.2 Å². The van der Waals surface area contributed by atoms with Crippen LogP contribution >= 0.6 is 11.6 Å². The van der Waals surface area contributed by atoms with Crippen LogP contribution in [0, 0.1) is 5.92 Å². The smallest absolute Gasteiger partial charge is 0.337 e. The van der Waals surface area contributed by atoms with Gasteiger partial charge in [-0.15, -0.1) is 0 Å². The van der Waals surface area contributed by atoms with E-state index < -0.39 is 28.0 Å². The molecule has 0 bridgehead atoms. The van der Waals surface area contributed by atoms with E-state index in [0.717, 1.165) is 18.2 Å². The zero-order chi connectivity index (χ0) is 17.1. The van der Waals surface area contributed by atoms with Gasteiger partial charge >= 0.3 is 11.9 Å². The average Bonchev–Trinajstić information content (AvgIpc) is 2.36. The van der Waals surface area contributed by atoms with E-state index in [0.29, 0.717) is 0 Å². The third kappa shape index (κ3) is 4.69. The second-order valence-electron chi connectivity index (χ2n) is 5.09. The van der Waals surface area contributed by atoms with E-state index >= 15 is 0 Å². The van der Waals surface area contributed by atoms with E-state index in [1.54, 1.807) is 13.8 Å². The van der Waals surface area contributed by atoms with Gasteiger partial charge in [0.15, 0.2) is 0 Å². The van der Waals surface area contributed by atoms with Crippen LogP contribution in [-0.2, 0) is 14.8 Å². The summed E-state index contributed by atoms with van der Waals surface area (Å²) in [5.41, 5.74) is -0.375. The number of hydrogen-bond acceptors (Lipinski definition) is 4. The molecule has 0 aromatic heterocycles. The lowest BCUT2D eigenvalue weighted by molar-refractivity contribution is -0.139. The van der Waals surface area contributed by atoms with Crippen LogP contribution in [0.15, 0.2) is 23.1 Å². The number of halogens is 1. The molecule has 0 amide bonds. The largest absolute Gasteiger partial charge is 0.480 e. The van der Waals surface area contributed by atoms with Gasteiger partial charge in [-0.1, -0.05) is 25.4 Å². The molecule has 0 aliphatic heterocycles. The Bertz CT molecular complexity index is 686. The van der Waals surface area contributed by atoms with Crippen molar-refractivity contribution in [3.05, 3.63) is 28.8 Å². The van der Waals surface area contributed by atoms with Crippen LogP contribution in [0.5, 0.6) is 0 Å². The van der Waals surface area contributed by atoms with E-state index in [2.05, 4.69) is 4.72 Å². The summed E-state index contributed by atoms with van der Waals surface area (Å²) in [5, 5.41) is 17.9.